The van der Waals surface area contributed by atoms with Crippen molar-refractivity contribution in [3.05, 3.63) is 41.6 Å². The lowest BCUT2D eigenvalue weighted by Crippen LogP contribution is -2.36. The van der Waals surface area contributed by atoms with Crippen LogP contribution >= 0.6 is 11.3 Å². The average Bonchev–Trinajstić information content (AvgIpc) is 3.39. The molecule has 3 heterocycles. The SMILES string of the molecule is CCOc1nc(CC)c2sc(N3CCC[C@@H]3C(=O)CCc3ccccc3)nc2n1. The van der Waals surface area contributed by atoms with Crippen molar-refractivity contribution in [1.29, 1.82) is 0 Å². The highest BCUT2D eigenvalue weighted by molar-refractivity contribution is 7.22. The minimum atomic E-state index is -0.0938. The van der Waals surface area contributed by atoms with E-state index in [0.29, 0.717) is 30.5 Å². The van der Waals surface area contributed by atoms with E-state index < -0.39 is 0 Å². The number of Topliss-reactive ketones (excluding diaryl/α,β-unsaturated/α-hetero) is 1. The normalized spacial score (nSPS) is 16.5. The molecule has 2 aromatic heterocycles. The van der Waals surface area contributed by atoms with Gasteiger partial charge in [-0.05, 0) is 38.2 Å². The lowest BCUT2D eigenvalue weighted by Gasteiger charge is -2.22. The second kappa shape index (κ2) is 8.86. The summed E-state index contributed by atoms with van der Waals surface area (Å²) in [6.45, 7) is 5.37. The zero-order valence-electron chi connectivity index (χ0n) is 16.9. The fraction of sp³-hybridized carbons (Fsp3) is 0.455. The summed E-state index contributed by atoms with van der Waals surface area (Å²) < 4.78 is 6.49. The fourth-order valence-electron chi connectivity index (χ4n) is 3.81. The van der Waals surface area contributed by atoms with Crippen molar-refractivity contribution in [3.8, 4) is 6.01 Å². The number of hydrogen-bond donors (Lipinski definition) is 0. The number of rotatable bonds is 8. The second-order valence-corrected chi connectivity index (χ2v) is 8.17. The molecule has 29 heavy (non-hydrogen) atoms. The number of aromatic nitrogens is 3. The molecule has 3 aromatic rings. The molecule has 0 spiro atoms. The average molecular weight is 411 g/mol. The maximum Gasteiger partial charge on any atom is 0.318 e. The monoisotopic (exact) mass is 410 g/mol. The van der Waals surface area contributed by atoms with Crippen LogP contribution in [0.2, 0.25) is 0 Å². The molecule has 1 aromatic carbocycles. The van der Waals surface area contributed by atoms with Gasteiger partial charge in [0.1, 0.15) is 0 Å². The summed E-state index contributed by atoms with van der Waals surface area (Å²) >= 11 is 1.59. The second-order valence-electron chi connectivity index (χ2n) is 7.19. The van der Waals surface area contributed by atoms with Crippen molar-refractivity contribution in [2.75, 3.05) is 18.1 Å². The van der Waals surface area contributed by atoms with Crippen molar-refractivity contribution in [2.45, 2.75) is 52.0 Å². The molecule has 1 fully saturated rings. The summed E-state index contributed by atoms with van der Waals surface area (Å²) in [5.74, 6) is 0.294. The predicted molar refractivity (Wildman–Crippen MR) is 116 cm³/mol. The Morgan fingerprint density at radius 3 is 2.79 bits per heavy atom. The van der Waals surface area contributed by atoms with Gasteiger partial charge in [-0.15, -0.1) is 0 Å². The van der Waals surface area contributed by atoms with Crippen LogP contribution < -0.4 is 9.64 Å². The Labute approximate surface area is 175 Å². The number of carbonyl (C=O) groups is 1. The molecular formula is C22H26N4O2S. The molecule has 6 nitrogen and oxygen atoms in total. The topological polar surface area (TPSA) is 68.2 Å². The predicted octanol–water partition coefficient (Wildman–Crippen LogP) is 4.22. The number of fused-ring (bicyclic) bond motifs is 1. The molecule has 0 aliphatic carbocycles. The Morgan fingerprint density at radius 2 is 2.03 bits per heavy atom. The highest BCUT2D eigenvalue weighted by atomic mass is 32.1. The quantitative estimate of drug-likeness (QED) is 0.554. The van der Waals surface area contributed by atoms with Gasteiger partial charge in [-0.2, -0.15) is 15.0 Å². The number of benzene rings is 1. The van der Waals surface area contributed by atoms with Crippen LogP contribution in [0.15, 0.2) is 30.3 Å². The van der Waals surface area contributed by atoms with Gasteiger partial charge in [0.05, 0.1) is 23.0 Å². The largest absolute Gasteiger partial charge is 0.464 e. The molecule has 1 saturated heterocycles. The minimum Gasteiger partial charge on any atom is -0.464 e. The molecule has 0 bridgehead atoms. The Kier molecular flexibility index (Phi) is 6.04. The highest BCUT2D eigenvalue weighted by Gasteiger charge is 2.32. The van der Waals surface area contributed by atoms with E-state index in [-0.39, 0.29) is 6.04 Å². The van der Waals surface area contributed by atoms with E-state index in [1.54, 1.807) is 11.3 Å². The molecule has 0 radical (unpaired) electrons. The van der Waals surface area contributed by atoms with Crippen LogP contribution in [-0.4, -0.2) is 39.9 Å². The molecule has 0 unspecified atom stereocenters. The highest BCUT2D eigenvalue weighted by Crippen LogP contribution is 2.35. The lowest BCUT2D eigenvalue weighted by molar-refractivity contribution is -0.120. The Morgan fingerprint density at radius 1 is 1.21 bits per heavy atom. The first-order valence-corrected chi connectivity index (χ1v) is 11.1. The van der Waals surface area contributed by atoms with Gasteiger partial charge in [0.2, 0.25) is 0 Å². The van der Waals surface area contributed by atoms with E-state index in [0.717, 1.165) is 47.8 Å². The zero-order chi connectivity index (χ0) is 20.2. The van der Waals surface area contributed by atoms with E-state index in [9.17, 15) is 4.79 Å². The first-order valence-electron chi connectivity index (χ1n) is 10.3. The summed E-state index contributed by atoms with van der Waals surface area (Å²) in [4.78, 5) is 28.9. The van der Waals surface area contributed by atoms with Crippen LogP contribution in [0.3, 0.4) is 0 Å². The molecule has 7 heteroatoms. The van der Waals surface area contributed by atoms with Gasteiger partial charge in [-0.25, -0.2) is 0 Å². The van der Waals surface area contributed by atoms with Crippen LogP contribution in [0, 0.1) is 0 Å². The Hall–Kier alpha value is -2.54. The van der Waals surface area contributed by atoms with Gasteiger partial charge in [0, 0.05) is 13.0 Å². The molecule has 1 aliphatic heterocycles. The van der Waals surface area contributed by atoms with E-state index in [4.69, 9.17) is 9.72 Å². The summed E-state index contributed by atoms with van der Waals surface area (Å²) in [6.07, 6.45) is 4.03. The Balaban J connectivity index is 1.54. The van der Waals surface area contributed by atoms with E-state index >= 15 is 0 Å². The summed E-state index contributed by atoms with van der Waals surface area (Å²) in [6, 6.07) is 10.5. The fourth-order valence-corrected chi connectivity index (χ4v) is 4.95. The molecular weight excluding hydrogens is 384 g/mol. The first-order chi connectivity index (χ1) is 14.2. The molecule has 1 atom stereocenters. The van der Waals surface area contributed by atoms with Crippen LogP contribution in [0.25, 0.3) is 10.3 Å². The number of carbonyl (C=O) groups excluding carboxylic acids is 1. The smallest absolute Gasteiger partial charge is 0.318 e. The molecule has 0 saturated carbocycles. The minimum absolute atomic E-state index is 0.0938. The lowest BCUT2D eigenvalue weighted by atomic mass is 10.0. The third kappa shape index (κ3) is 4.24. The third-order valence-corrected chi connectivity index (χ3v) is 6.40. The molecule has 4 rings (SSSR count). The van der Waals surface area contributed by atoms with Crippen molar-refractivity contribution in [2.24, 2.45) is 0 Å². The van der Waals surface area contributed by atoms with Crippen molar-refractivity contribution >= 4 is 32.6 Å². The number of thiazole rings is 1. The molecule has 152 valence electrons. The van der Waals surface area contributed by atoms with Gasteiger partial charge < -0.3 is 9.64 Å². The summed E-state index contributed by atoms with van der Waals surface area (Å²) in [5.41, 5.74) is 2.83. The maximum absolute atomic E-state index is 13.0. The van der Waals surface area contributed by atoms with Crippen LogP contribution in [0.4, 0.5) is 5.13 Å². The standard InChI is InChI=1S/C22H26N4O2S/c1-3-16-19-20(24-21(23-16)28-4-2)25-22(29-19)26-14-8-11-17(26)18(27)13-12-15-9-6-5-7-10-15/h5-7,9-10,17H,3-4,8,11-14H2,1-2H3/t17-/m1/s1. The van der Waals surface area contributed by atoms with E-state index in [1.807, 2.05) is 25.1 Å². The molecule has 0 N–H and O–H groups in total. The van der Waals surface area contributed by atoms with E-state index in [2.05, 4.69) is 33.9 Å². The van der Waals surface area contributed by atoms with Crippen molar-refractivity contribution in [3.63, 3.8) is 0 Å². The molecule has 0 amide bonds. The number of ether oxygens (including phenoxy) is 1. The van der Waals surface area contributed by atoms with Crippen molar-refractivity contribution < 1.29 is 9.53 Å². The van der Waals surface area contributed by atoms with Gasteiger partial charge in [-0.1, -0.05) is 48.6 Å². The van der Waals surface area contributed by atoms with E-state index in [1.165, 1.54) is 5.56 Å². The van der Waals surface area contributed by atoms with Crippen LogP contribution in [0.5, 0.6) is 6.01 Å². The maximum atomic E-state index is 13.0. The first kappa shape index (κ1) is 19.8. The number of hydrogen-bond acceptors (Lipinski definition) is 7. The zero-order valence-corrected chi connectivity index (χ0v) is 17.7. The Bertz CT molecular complexity index is 989. The van der Waals surface area contributed by atoms with Gasteiger partial charge in [0.25, 0.3) is 0 Å². The number of ketones is 1. The number of anilines is 1. The number of aryl methyl sites for hydroxylation is 2. The van der Waals surface area contributed by atoms with Crippen LogP contribution in [-0.2, 0) is 17.6 Å². The van der Waals surface area contributed by atoms with Gasteiger partial charge in [0.15, 0.2) is 16.6 Å². The number of nitrogens with zero attached hydrogens (tertiary/aromatic N) is 4. The van der Waals surface area contributed by atoms with Crippen molar-refractivity contribution in [1.82, 2.24) is 15.0 Å². The van der Waals surface area contributed by atoms with Gasteiger partial charge in [-0.3, -0.25) is 4.79 Å². The van der Waals surface area contributed by atoms with Gasteiger partial charge >= 0.3 is 6.01 Å². The molecule has 1 aliphatic rings. The third-order valence-electron chi connectivity index (χ3n) is 5.27. The summed E-state index contributed by atoms with van der Waals surface area (Å²) in [5, 5.41) is 0.869. The summed E-state index contributed by atoms with van der Waals surface area (Å²) in [7, 11) is 0. The van der Waals surface area contributed by atoms with Crippen LogP contribution in [0.1, 0.15) is 44.4 Å².